The maximum atomic E-state index is 11.5. The van der Waals surface area contributed by atoms with E-state index in [4.69, 9.17) is 11.5 Å². The monoisotopic (exact) mass is 374 g/mol. The first-order valence-corrected chi connectivity index (χ1v) is 10.3. The highest BCUT2D eigenvalue weighted by Crippen LogP contribution is 2.10. The molecule has 156 valence electrons. The van der Waals surface area contributed by atoms with Gasteiger partial charge >= 0.3 is 5.97 Å². The second-order valence-corrected chi connectivity index (χ2v) is 6.64. The Balaban J connectivity index is 3.88. The van der Waals surface area contributed by atoms with Crippen LogP contribution in [0.15, 0.2) is 0 Å². The van der Waals surface area contributed by atoms with Gasteiger partial charge in [-0.3, -0.25) is 5.32 Å². The first-order chi connectivity index (χ1) is 12.7. The number of nitrogens with one attached hydrogen (secondary N) is 3. The highest BCUT2D eigenvalue weighted by molar-refractivity contribution is 5.72. The number of carboxylic acid groups (broad SMARTS) is 1. The summed E-state index contributed by atoms with van der Waals surface area (Å²) in [5.74, 6) is -0.939. The van der Waals surface area contributed by atoms with Crippen LogP contribution in [0.1, 0.15) is 71.1 Å². The third-order valence-electron chi connectivity index (χ3n) is 4.21. The van der Waals surface area contributed by atoms with Crippen molar-refractivity contribution in [2.45, 2.75) is 77.3 Å². The number of rotatable bonds is 20. The van der Waals surface area contributed by atoms with Crippen LogP contribution < -0.4 is 27.6 Å². The molecule has 0 aromatic heterocycles. The predicted octanol–water partition coefficient (Wildman–Crippen LogP) is 1.14. The van der Waals surface area contributed by atoms with Crippen LogP contribution in [0.4, 0.5) is 0 Å². The molecule has 0 amide bonds. The zero-order valence-corrected chi connectivity index (χ0v) is 16.6. The Labute approximate surface area is 159 Å². The van der Waals surface area contributed by atoms with Crippen LogP contribution in [0, 0.1) is 0 Å². The van der Waals surface area contributed by atoms with E-state index in [1.54, 1.807) is 0 Å². The van der Waals surface area contributed by atoms with E-state index in [2.05, 4.69) is 23.1 Å². The van der Waals surface area contributed by atoms with Gasteiger partial charge in [0.15, 0.2) is 6.17 Å². The molecule has 0 aromatic carbocycles. The fourth-order valence-electron chi connectivity index (χ4n) is 2.75. The minimum atomic E-state index is -0.939. The molecule has 0 aliphatic carbocycles. The van der Waals surface area contributed by atoms with E-state index in [-0.39, 0.29) is 0 Å². The Morgan fingerprint density at radius 2 is 1.31 bits per heavy atom. The van der Waals surface area contributed by atoms with Gasteiger partial charge in [-0.15, -0.1) is 0 Å². The van der Waals surface area contributed by atoms with Gasteiger partial charge in [0.25, 0.3) is 0 Å². The normalized spacial score (nSPS) is 12.6. The van der Waals surface area contributed by atoms with Crippen molar-refractivity contribution >= 4 is 5.97 Å². The topological polar surface area (TPSA) is 129 Å². The van der Waals surface area contributed by atoms with E-state index < -0.39 is 12.1 Å². The van der Waals surface area contributed by atoms with Crippen molar-refractivity contribution < 1.29 is 9.90 Å². The predicted molar refractivity (Wildman–Crippen MR) is 107 cm³/mol. The SMILES string of the molecule is CCCCCCCCCCCCNC(C(=O)O)N(NCCN)NCCN. The molecule has 1 atom stereocenters. The summed E-state index contributed by atoms with van der Waals surface area (Å²) in [6.07, 6.45) is 11.8. The standard InChI is InChI=1S/C18H42N6O2/c1-2-3-4-5-6-7-8-9-10-11-14-21-17(18(25)26)24(22-15-12-19)23-16-13-20/h17,21-23H,2-16,19-20H2,1H3,(H,25,26). The third-order valence-corrected chi connectivity index (χ3v) is 4.21. The van der Waals surface area contributed by atoms with Crippen LogP contribution in [0.25, 0.3) is 0 Å². The largest absolute Gasteiger partial charge is 0.479 e. The van der Waals surface area contributed by atoms with Crippen molar-refractivity contribution in [2.75, 3.05) is 32.7 Å². The highest BCUT2D eigenvalue weighted by Gasteiger charge is 2.24. The number of carbonyl (C=O) groups is 1. The Morgan fingerprint density at radius 1 is 0.846 bits per heavy atom. The van der Waals surface area contributed by atoms with E-state index in [0.717, 1.165) is 12.8 Å². The van der Waals surface area contributed by atoms with Gasteiger partial charge in [-0.25, -0.2) is 15.6 Å². The summed E-state index contributed by atoms with van der Waals surface area (Å²) >= 11 is 0. The number of nitrogens with zero attached hydrogens (tertiary/aromatic N) is 1. The van der Waals surface area contributed by atoms with Gasteiger partial charge in [0.2, 0.25) is 0 Å². The molecule has 8 N–H and O–H groups in total. The van der Waals surface area contributed by atoms with Gasteiger partial charge < -0.3 is 16.6 Å². The van der Waals surface area contributed by atoms with Gasteiger partial charge in [0.1, 0.15) is 0 Å². The number of hydrazine groups is 2. The molecule has 0 fully saturated rings. The second-order valence-electron chi connectivity index (χ2n) is 6.64. The van der Waals surface area contributed by atoms with Gasteiger partial charge in [-0.1, -0.05) is 64.7 Å². The lowest BCUT2D eigenvalue weighted by molar-refractivity contribution is -0.148. The quantitative estimate of drug-likeness (QED) is 0.106. The molecule has 0 heterocycles. The summed E-state index contributed by atoms with van der Waals surface area (Å²) in [6.45, 7) is 4.73. The molecule has 0 spiro atoms. The van der Waals surface area contributed by atoms with Gasteiger partial charge in [-0.2, -0.15) is 5.12 Å². The van der Waals surface area contributed by atoms with Crippen molar-refractivity contribution in [1.29, 1.82) is 0 Å². The Bertz CT molecular complexity index is 312. The van der Waals surface area contributed by atoms with Crippen LogP contribution in [-0.4, -0.2) is 55.1 Å². The number of nitrogens with two attached hydrogens (primary N) is 2. The highest BCUT2D eigenvalue weighted by atomic mass is 16.4. The molecule has 8 nitrogen and oxygen atoms in total. The van der Waals surface area contributed by atoms with E-state index in [1.165, 1.54) is 56.5 Å². The lowest BCUT2D eigenvalue weighted by atomic mass is 10.1. The minimum Gasteiger partial charge on any atom is -0.479 e. The second kappa shape index (κ2) is 19.0. The maximum absolute atomic E-state index is 11.5. The Morgan fingerprint density at radius 3 is 1.73 bits per heavy atom. The van der Waals surface area contributed by atoms with Gasteiger partial charge in [0.05, 0.1) is 0 Å². The number of unbranched alkanes of at least 4 members (excludes halogenated alkanes) is 9. The first-order valence-electron chi connectivity index (χ1n) is 10.3. The number of carboxylic acids is 1. The third kappa shape index (κ3) is 14.4. The zero-order chi connectivity index (χ0) is 19.5. The average Bonchev–Trinajstić information content (AvgIpc) is 2.63. The Kier molecular flexibility index (Phi) is 18.4. The van der Waals surface area contributed by atoms with Crippen molar-refractivity contribution in [3.63, 3.8) is 0 Å². The molecular weight excluding hydrogens is 332 g/mol. The van der Waals surface area contributed by atoms with Crippen LogP contribution in [0.5, 0.6) is 0 Å². The van der Waals surface area contributed by atoms with E-state index in [1.807, 2.05) is 0 Å². The van der Waals surface area contributed by atoms with Crippen LogP contribution in [0.2, 0.25) is 0 Å². The van der Waals surface area contributed by atoms with E-state index in [9.17, 15) is 9.90 Å². The molecule has 0 bridgehead atoms. The number of hydrogen-bond donors (Lipinski definition) is 6. The number of aliphatic carboxylic acids is 1. The zero-order valence-electron chi connectivity index (χ0n) is 16.6. The summed E-state index contributed by atoms with van der Waals surface area (Å²) in [7, 11) is 0. The summed E-state index contributed by atoms with van der Waals surface area (Å²) in [4.78, 5) is 11.5. The van der Waals surface area contributed by atoms with E-state index in [0.29, 0.717) is 32.7 Å². The summed E-state index contributed by atoms with van der Waals surface area (Å²) in [6, 6.07) is 0. The maximum Gasteiger partial charge on any atom is 0.338 e. The minimum absolute atomic E-state index is 0.422. The van der Waals surface area contributed by atoms with E-state index >= 15 is 0 Å². The molecular formula is C18H42N6O2. The molecule has 26 heavy (non-hydrogen) atoms. The molecule has 0 saturated heterocycles. The summed E-state index contributed by atoms with van der Waals surface area (Å²) < 4.78 is 0. The molecule has 0 aliphatic heterocycles. The summed E-state index contributed by atoms with van der Waals surface area (Å²) in [5.41, 5.74) is 16.9. The fraction of sp³-hybridized carbons (Fsp3) is 0.944. The fourth-order valence-corrected chi connectivity index (χ4v) is 2.75. The van der Waals surface area contributed by atoms with Crippen LogP contribution >= 0.6 is 0 Å². The van der Waals surface area contributed by atoms with Crippen molar-refractivity contribution in [2.24, 2.45) is 11.5 Å². The Hall–Kier alpha value is -0.770. The molecule has 0 saturated carbocycles. The van der Waals surface area contributed by atoms with Crippen molar-refractivity contribution in [3.8, 4) is 0 Å². The van der Waals surface area contributed by atoms with Gasteiger partial charge in [-0.05, 0) is 13.0 Å². The molecule has 0 rings (SSSR count). The molecule has 1 unspecified atom stereocenters. The van der Waals surface area contributed by atoms with Crippen molar-refractivity contribution in [1.82, 2.24) is 21.3 Å². The molecule has 0 aliphatic rings. The van der Waals surface area contributed by atoms with Crippen LogP contribution in [-0.2, 0) is 4.79 Å². The van der Waals surface area contributed by atoms with Crippen LogP contribution in [0.3, 0.4) is 0 Å². The molecule has 0 radical (unpaired) electrons. The van der Waals surface area contributed by atoms with Crippen molar-refractivity contribution in [3.05, 3.63) is 0 Å². The lowest BCUT2D eigenvalue weighted by Crippen LogP contribution is -2.63. The summed E-state index contributed by atoms with van der Waals surface area (Å²) in [5, 5.41) is 14.0. The molecule has 0 aromatic rings. The molecule has 8 heteroatoms. The smallest absolute Gasteiger partial charge is 0.338 e. The first kappa shape index (κ1) is 25.2. The lowest BCUT2D eigenvalue weighted by Gasteiger charge is -2.30. The van der Waals surface area contributed by atoms with Gasteiger partial charge in [0, 0.05) is 26.2 Å². The average molecular weight is 375 g/mol. The number of hydrogen-bond acceptors (Lipinski definition) is 7.